The molecular formula is C16H31NOSi. The van der Waals surface area contributed by atoms with Crippen LogP contribution in [0.2, 0.25) is 25.7 Å². The van der Waals surface area contributed by atoms with Gasteiger partial charge in [0.15, 0.2) is 5.78 Å². The van der Waals surface area contributed by atoms with Crippen LogP contribution in [0.25, 0.3) is 0 Å². The van der Waals surface area contributed by atoms with Crippen molar-refractivity contribution in [3.63, 3.8) is 0 Å². The van der Waals surface area contributed by atoms with Crippen LogP contribution in [0.4, 0.5) is 0 Å². The van der Waals surface area contributed by atoms with Gasteiger partial charge in [0.1, 0.15) is 0 Å². The summed E-state index contributed by atoms with van der Waals surface area (Å²) in [4.78, 5) is 12.6. The molecule has 1 aliphatic rings. The Hall–Kier alpha value is -0.413. The molecule has 0 aromatic heterocycles. The maximum Gasteiger partial charge on any atom is 0.155 e. The van der Waals surface area contributed by atoms with E-state index in [1.807, 2.05) is 20.8 Å². The minimum absolute atomic E-state index is 0.0288. The lowest BCUT2D eigenvalue weighted by molar-refractivity contribution is -0.128. The number of carbonyl (C=O) groups excluding carboxylic acids is 1. The van der Waals surface area contributed by atoms with Gasteiger partial charge < -0.3 is 5.32 Å². The maximum atomic E-state index is 12.6. The number of ketones is 1. The first-order valence-corrected chi connectivity index (χ1v) is 11.1. The van der Waals surface area contributed by atoms with E-state index < -0.39 is 8.07 Å². The van der Waals surface area contributed by atoms with E-state index in [-0.39, 0.29) is 11.5 Å². The van der Waals surface area contributed by atoms with Crippen molar-refractivity contribution in [3.05, 3.63) is 12.2 Å². The second-order valence-electron chi connectivity index (χ2n) is 8.40. The van der Waals surface area contributed by atoms with Gasteiger partial charge in [-0.05, 0) is 18.5 Å². The summed E-state index contributed by atoms with van der Waals surface area (Å²) in [5.74, 6) is 1.16. The van der Waals surface area contributed by atoms with Crippen molar-refractivity contribution in [1.29, 1.82) is 0 Å². The van der Waals surface area contributed by atoms with E-state index in [1.54, 1.807) is 0 Å². The lowest BCUT2D eigenvalue weighted by atomic mass is 9.77. The molecule has 19 heavy (non-hydrogen) atoms. The van der Waals surface area contributed by atoms with Crippen LogP contribution < -0.4 is 5.32 Å². The van der Waals surface area contributed by atoms with Gasteiger partial charge in [-0.15, -0.1) is 0 Å². The third kappa shape index (κ3) is 4.28. The molecule has 0 saturated carbocycles. The van der Waals surface area contributed by atoms with Crippen LogP contribution in [0, 0.1) is 17.3 Å². The number of hydrogen-bond acceptors (Lipinski definition) is 2. The lowest BCUT2D eigenvalue weighted by Gasteiger charge is -2.31. The van der Waals surface area contributed by atoms with E-state index in [4.69, 9.17) is 0 Å². The molecule has 0 aromatic rings. The van der Waals surface area contributed by atoms with Crippen molar-refractivity contribution in [1.82, 2.24) is 5.32 Å². The van der Waals surface area contributed by atoms with E-state index in [0.29, 0.717) is 17.6 Å². The molecule has 1 fully saturated rings. The fraction of sp³-hybridized carbons (Fsp3) is 0.812. The van der Waals surface area contributed by atoms with Gasteiger partial charge in [-0.25, -0.2) is 0 Å². The summed E-state index contributed by atoms with van der Waals surface area (Å²) in [6, 6.07) is 1.09. The van der Waals surface area contributed by atoms with Gasteiger partial charge in [-0.2, -0.15) is 0 Å². The zero-order valence-electron chi connectivity index (χ0n) is 13.8. The fourth-order valence-corrected chi connectivity index (χ4v) is 4.65. The molecule has 3 heteroatoms. The number of rotatable bonds is 4. The highest BCUT2D eigenvalue weighted by molar-refractivity contribution is 6.76. The van der Waals surface area contributed by atoms with Crippen LogP contribution in [0.15, 0.2) is 12.2 Å². The van der Waals surface area contributed by atoms with Crippen LogP contribution in [0.3, 0.4) is 0 Å². The normalized spacial score (nSPS) is 28.5. The third-order valence-corrected chi connectivity index (χ3v) is 5.40. The van der Waals surface area contributed by atoms with Gasteiger partial charge in [0.2, 0.25) is 0 Å². The number of hydrogen-bond donors (Lipinski definition) is 1. The molecule has 1 N–H and O–H groups in total. The van der Waals surface area contributed by atoms with E-state index in [1.165, 1.54) is 5.57 Å². The molecule has 0 bridgehead atoms. The standard InChI is InChI=1S/C16H31NOSi/c1-11-9-17-14(15(18)16(3,4)5)13(11)12(2)10-19(6,7)8/h11,13-14,17H,2,9-10H2,1,3-8H3/t11-,13-,14-/m0/s1. The Balaban J connectivity index is 2.90. The molecule has 0 radical (unpaired) electrons. The van der Waals surface area contributed by atoms with Crippen LogP contribution >= 0.6 is 0 Å². The Morgan fingerprint density at radius 1 is 1.32 bits per heavy atom. The molecule has 0 unspecified atom stereocenters. The second-order valence-corrected chi connectivity index (χ2v) is 13.9. The molecule has 3 atom stereocenters. The summed E-state index contributed by atoms with van der Waals surface area (Å²) in [7, 11) is -1.17. The number of Topliss-reactive ketones (excluding diaryl/α,β-unsaturated/α-hetero) is 1. The first-order chi connectivity index (χ1) is 8.43. The Labute approximate surface area is 120 Å². The minimum Gasteiger partial charge on any atom is -0.307 e. The lowest BCUT2D eigenvalue weighted by Crippen LogP contribution is -2.43. The SMILES string of the molecule is C=C(C[Si](C)(C)C)[C@H]1[C@@H](C(=O)C(C)(C)C)NC[C@@H]1C. The summed E-state index contributed by atoms with van der Waals surface area (Å²) in [5, 5.41) is 3.43. The van der Waals surface area contributed by atoms with Crippen molar-refractivity contribution in [2.75, 3.05) is 6.54 Å². The predicted molar refractivity (Wildman–Crippen MR) is 86.2 cm³/mol. The predicted octanol–water partition coefficient (Wildman–Crippen LogP) is 3.72. The van der Waals surface area contributed by atoms with Crippen molar-refractivity contribution in [2.24, 2.45) is 17.3 Å². The number of nitrogens with one attached hydrogen (secondary N) is 1. The largest absolute Gasteiger partial charge is 0.307 e. The second kappa shape index (κ2) is 5.53. The first-order valence-electron chi connectivity index (χ1n) is 7.39. The Morgan fingerprint density at radius 2 is 1.84 bits per heavy atom. The molecule has 0 aromatic carbocycles. The molecular weight excluding hydrogens is 250 g/mol. The fourth-order valence-electron chi connectivity index (χ4n) is 3.05. The highest BCUT2D eigenvalue weighted by atomic mass is 28.3. The molecule has 0 spiro atoms. The van der Waals surface area contributed by atoms with E-state index in [9.17, 15) is 4.79 Å². The highest BCUT2D eigenvalue weighted by Gasteiger charge is 2.43. The molecule has 1 aliphatic heterocycles. The van der Waals surface area contributed by atoms with Gasteiger partial charge >= 0.3 is 0 Å². The zero-order valence-corrected chi connectivity index (χ0v) is 14.8. The molecule has 2 nitrogen and oxygen atoms in total. The molecule has 110 valence electrons. The van der Waals surface area contributed by atoms with Crippen LogP contribution in [-0.4, -0.2) is 26.4 Å². The van der Waals surface area contributed by atoms with Gasteiger partial charge in [0.25, 0.3) is 0 Å². The Bertz CT molecular complexity index is 362. The molecule has 1 rings (SSSR count). The van der Waals surface area contributed by atoms with E-state index in [0.717, 1.165) is 12.6 Å². The summed E-state index contributed by atoms with van der Waals surface area (Å²) in [6.45, 7) is 20.6. The molecule has 1 saturated heterocycles. The van der Waals surface area contributed by atoms with E-state index in [2.05, 4.69) is 38.5 Å². The summed E-state index contributed by atoms with van der Waals surface area (Å²) in [6.07, 6.45) is 0. The minimum atomic E-state index is -1.17. The summed E-state index contributed by atoms with van der Waals surface area (Å²) >= 11 is 0. The van der Waals surface area contributed by atoms with E-state index >= 15 is 0 Å². The molecule has 0 amide bonds. The highest BCUT2D eigenvalue weighted by Crippen LogP contribution is 2.36. The topological polar surface area (TPSA) is 29.1 Å². The van der Waals surface area contributed by atoms with Gasteiger partial charge in [0.05, 0.1) is 6.04 Å². The average molecular weight is 282 g/mol. The molecule has 0 aliphatic carbocycles. The zero-order chi connectivity index (χ0) is 15.0. The average Bonchev–Trinajstić information content (AvgIpc) is 2.54. The van der Waals surface area contributed by atoms with Crippen LogP contribution in [0.5, 0.6) is 0 Å². The van der Waals surface area contributed by atoms with Crippen LogP contribution in [0.1, 0.15) is 27.7 Å². The van der Waals surface area contributed by atoms with Gasteiger partial charge in [-0.1, -0.05) is 59.5 Å². The Kier molecular flexibility index (Phi) is 4.84. The maximum absolute atomic E-state index is 12.6. The number of carbonyl (C=O) groups is 1. The summed E-state index contributed by atoms with van der Waals surface area (Å²) in [5.41, 5.74) is 1.01. The first kappa shape index (κ1) is 16.6. The monoisotopic (exact) mass is 281 g/mol. The Morgan fingerprint density at radius 3 is 2.26 bits per heavy atom. The third-order valence-electron chi connectivity index (χ3n) is 3.88. The van der Waals surface area contributed by atoms with Crippen molar-refractivity contribution >= 4 is 13.9 Å². The molecule has 1 heterocycles. The van der Waals surface area contributed by atoms with Gasteiger partial charge in [0, 0.05) is 19.4 Å². The van der Waals surface area contributed by atoms with Crippen LogP contribution in [-0.2, 0) is 4.79 Å². The van der Waals surface area contributed by atoms with Crippen molar-refractivity contribution < 1.29 is 4.79 Å². The smallest absolute Gasteiger partial charge is 0.155 e. The van der Waals surface area contributed by atoms with Gasteiger partial charge in [-0.3, -0.25) is 4.79 Å². The van der Waals surface area contributed by atoms with Crippen molar-refractivity contribution in [3.8, 4) is 0 Å². The quantitative estimate of drug-likeness (QED) is 0.628. The summed E-state index contributed by atoms with van der Waals surface area (Å²) < 4.78 is 0. The van der Waals surface area contributed by atoms with Crippen molar-refractivity contribution in [2.45, 2.75) is 59.4 Å².